The van der Waals surface area contributed by atoms with E-state index in [2.05, 4.69) is 0 Å². The molecule has 5 heteroatoms. The average molecular weight is 239 g/mol. The van der Waals surface area contributed by atoms with E-state index in [0.29, 0.717) is 24.8 Å². The third kappa shape index (κ3) is 1.86. The molecule has 1 aromatic heterocycles. The first-order valence-electron chi connectivity index (χ1n) is 4.86. The Labute approximate surface area is 98.1 Å². The molecule has 84 valence electrons. The zero-order chi connectivity index (χ0) is 12.3. The van der Waals surface area contributed by atoms with E-state index < -0.39 is 5.56 Å². The monoisotopic (exact) mass is 238 g/mol. The van der Waals surface area contributed by atoms with E-state index in [1.807, 2.05) is 13.0 Å². The maximum absolute atomic E-state index is 11.8. The number of aromatic nitrogens is 1. The number of carbonyl (C=O) groups excluding carboxylic acids is 1. The molecule has 0 aromatic carbocycles. The summed E-state index contributed by atoms with van der Waals surface area (Å²) in [6.45, 7) is 3.83. The van der Waals surface area contributed by atoms with Crippen LogP contribution in [0.25, 0.3) is 0 Å². The smallest absolute Gasteiger partial charge is 0.269 e. The first kappa shape index (κ1) is 12.5. The van der Waals surface area contributed by atoms with Gasteiger partial charge in [0, 0.05) is 6.54 Å². The normalized spacial score (nSPS) is 9.88. The molecule has 0 saturated heterocycles. The number of rotatable bonds is 3. The van der Waals surface area contributed by atoms with Crippen molar-refractivity contribution in [2.75, 3.05) is 0 Å². The third-order valence-electron chi connectivity index (χ3n) is 2.37. The number of halogens is 1. The Morgan fingerprint density at radius 1 is 1.56 bits per heavy atom. The summed E-state index contributed by atoms with van der Waals surface area (Å²) in [5.74, 6) is 0. The van der Waals surface area contributed by atoms with Gasteiger partial charge in [-0.05, 0) is 18.9 Å². The van der Waals surface area contributed by atoms with Crippen LogP contribution in [0.1, 0.15) is 34.8 Å². The molecule has 1 heterocycles. The van der Waals surface area contributed by atoms with Crippen molar-refractivity contribution in [2.24, 2.45) is 0 Å². The van der Waals surface area contributed by atoms with Gasteiger partial charge in [-0.25, -0.2) is 0 Å². The number of hydrogen-bond acceptors (Lipinski definition) is 3. The van der Waals surface area contributed by atoms with Crippen molar-refractivity contribution in [3.8, 4) is 6.07 Å². The fourth-order valence-electron chi connectivity index (χ4n) is 1.51. The van der Waals surface area contributed by atoms with Gasteiger partial charge in [0.1, 0.15) is 16.8 Å². The van der Waals surface area contributed by atoms with Crippen LogP contribution in [0.5, 0.6) is 0 Å². The lowest BCUT2D eigenvalue weighted by Crippen LogP contribution is -2.26. The predicted molar refractivity (Wildman–Crippen MR) is 60.8 cm³/mol. The van der Waals surface area contributed by atoms with Crippen LogP contribution in [-0.2, 0) is 6.54 Å². The molecule has 16 heavy (non-hydrogen) atoms. The van der Waals surface area contributed by atoms with E-state index >= 15 is 0 Å². The quantitative estimate of drug-likeness (QED) is 0.597. The predicted octanol–water partition coefficient (Wildman–Crippen LogP) is 1.90. The van der Waals surface area contributed by atoms with Crippen LogP contribution in [0, 0.1) is 18.3 Å². The second-order valence-electron chi connectivity index (χ2n) is 3.39. The summed E-state index contributed by atoms with van der Waals surface area (Å²) in [6, 6.07) is 1.81. The highest BCUT2D eigenvalue weighted by Gasteiger charge is 2.16. The van der Waals surface area contributed by atoms with Gasteiger partial charge in [0.2, 0.25) is 0 Å². The molecule has 0 bridgehead atoms. The minimum absolute atomic E-state index is 0.0139. The van der Waals surface area contributed by atoms with E-state index in [9.17, 15) is 9.59 Å². The topological polar surface area (TPSA) is 62.9 Å². The maximum Gasteiger partial charge on any atom is 0.269 e. The molecular formula is C11H11ClN2O2. The lowest BCUT2D eigenvalue weighted by molar-refractivity contribution is 0.112. The van der Waals surface area contributed by atoms with Crippen LogP contribution in [-0.4, -0.2) is 10.9 Å². The fraction of sp³-hybridized carbons (Fsp3) is 0.364. The molecule has 0 amide bonds. The molecule has 0 aliphatic heterocycles. The molecule has 0 radical (unpaired) electrons. The van der Waals surface area contributed by atoms with Gasteiger partial charge in [-0.15, -0.1) is 0 Å². The zero-order valence-electron chi connectivity index (χ0n) is 9.08. The second-order valence-corrected chi connectivity index (χ2v) is 3.75. The SMILES string of the molecule is CCCn1c(Cl)c(C=O)c(C)c(C#N)c1=O. The highest BCUT2D eigenvalue weighted by molar-refractivity contribution is 6.32. The molecule has 0 fully saturated rings. The number of aldehydes is 1. The van der Waals surface area contributed by atoms with E-state index in [4.69, 9.17) is 16.9 Å². The number of hydrogen-bond donors (Lipinski definition) is 0. The maximum atomic E-state index is 11.8. The van der Waals surface area contributed by atoms with E-state index in [1.165, 1.54) is 4.57 Å². The summed E-state index contributed by atoms with van der Waals surface area (Å²) in [4.78, 5) is 22.7. The van der Waals surface area contributed by atoms with Crippen molar-refractivity contribution >= 4 is 17.9 Å². The van der Waals surface area contributed by atoms with Gasteiger partial charge in [0.25, 0.3) is 5.56 Å². The van der Waals surface area contributed by atoms with Crippen LogP contribution in [0.15, 0.2) is 4.79 Å². The van der Waals surface area contributed by atoms with Gasteiger partial charge in [-0.2, -0.15) is 5.26 Å². The van der Waals surface area contributed by atoms with Crippen molar-refractivity contribution in [1.29, 1.82) is 5.26 Å². The average Bonchev–Trinajstić information content (AvgIpc) is 2.26. The summed E-state index contributed by atoms with van der Waals surface area (Å²) < 4.78 is 1.26. The van der Waals surface area contributed by atoms with Crippen molar-refractivity contribution in [3.63, 3.8) is 0 Å². The van der Waals surface area contributed by atoms with Crippen molar-refractivity contribution in [2.45, 2.75) is 26.8 Å². The van der Waals surface area contributed by atoms with Gasteiger partial charge >= 0.3 is 0 Å². The molecule has 0 aliphatic rings. The second kappa shape index (κ2) is 4.95. The highest BCUT2D eigenvalue weighted by Crippen LogP contribution is 2.18. The van der Waals surface area contributed by atoms with E-state index in [0.717, 1.165) is 0 Å². The molecular weight excluding hydrogens is 228 g/mol. The molecule has 4 nitrogen and oxygen atoms in total. The lowest BCUT2D eigenvalue weighted by atomic mass is 10.1. The lowest BCUT2D eigenvalue weighted by Gasteiger charge is -2.11. The van der Waals surface area contributed by atoms with Gasteiger partial charge in [-0.3, -0.25) is 14.2 Å². The number of nitriles is 1. The molecule has 0 aliphatic carbocycles. The zero-order valence-corrected chi connectivity index (χ0v) is 9.84. The Kier molecular flexibility index (Phi) is 3.86. The summed E-state index contributed by atoms with van der Waals surface area (Å²) >= 11 is 5.95. The van der Waals surface area contributed by atoms with E-state index in [1.54, 1.807) is 6.92 Å². The Morgan fingerprint density at radius 3 is 2.62 bits per heavy atom. The number of carbonyl (C=O) groups is 1. The highest BCUT2D eigenvalue weighted by atomic mass is 35.5. The van der Waals surface area contributed by atoms with Crippen LogP contribution >= 0.6 is 11.6 Å². The summed E-state index contributed by atoms with van der Waals surface area (Å²) in [6.07, 6.45) is 1.27. The van der Waals surface area contributed by atoms with Gasteiger partial charge < -0.3 is 0 Å². The largest absolute Gasteiger partial charge is 0.298 e. The minimum Gasteiger partial charge on any atom is -0.298 e. The minimum atomic E-state index is -0.433. The number of pyridine rings is 1. The van der Waals surface area contributed by atoms with E-state index in [-0.39, 0.29) is 16.3 Å². The molecule has 0 spiro atoms. The molecule has 0 unspecified atom stereocenters. The van der Waals surface area contributed by atoms with Gasteiger partial charge in [0.15, 0.2) is 6.29 Å². The van der Waals surface area contributed by atoms with Crippen LogP contribution < -0.4 is 5.56 Å². The first-order valence-corrected chi connectivity index (χ1v) is 5.24. The Morgan fingerprint density at radius 2 is 2.19 bits per heavy atom. The summed E-state index contributed by atoms with van der Waals surface area (Å²) in [5, 5.41) is 8.99. The number of nitrogens with zero attached hydrogens (tertiary/aromatic N) is 2. The fourth-order valence-corrected chi connectivity index (χ4v) is 1.86. The van der Waals surface area contributed by atoms with Crippen molar-refractivity contribution in [1.82, 2.24) is 4.57 Å². The van der Waals surface area contributed by atoms with Crippen LogP contribution in [0.2, 0.25) is 5.15 Å². The Balaban J connectivity index is 3.71. The van der Waals surface area contributed by atoms with Gasteiger partial charge in [-0.1, -0.05) is 18.5 Å². The molecule has 1 aromatic rings. The first-order chi connectivity index (χ1) is 7.58. The Hall–Kier alpha value is -1.60. The Bertz CT molecular complexity index is 526. The molecule has 1 rings (SSSR count). The molecule has 0 atom stereocenters. The molecule has 0 saturated carbocycles. The molecule has 0 N–H and O–H groups in total. The van der Waals surface area contributed by atoms with Crippen LogP contribution in [0.4, 0.5) is 0 Å². The van der Waals surface area contributed by atoms with Crippen LogP contribution in [0.3, 0.4) is 0 Å². The van der Waals surface area contributed by atoms with Crippen molar-refractivity contribution < 1.29 is 4.79 Å². The summed E-state index contributed by atoms with van der Waals surface area (Å²) in [7, 11) is 0. The van der Waals surface area contributed by atoms with Gasteiger partial charge in [0.05, 0.1) is 5.56 Å². The third-order valence-corrected chi connectivity index (χ3v) is 2.78. The summed E-state index contributed by atoms with van der Waals surface area (Å²) in [5.41, 5.74) is 0.114. The standard InChI is InChI=1S/C11H11ClN2O2/c1-3-4-14-10(12)9(6-15)7(2)8(5-13)11(14)16/h6H,3-4H2,1-2H3. The van der Waals surface area contributed by atoms with Crippen molar-refractivity contribution in [3.05, 3.63) is 32.2 Å².